The molecule has 1 aromatic carbocycles. The van der Waals surface area contributed by atoms with Gasteiger partial charge in [-0.05, 0) is 29.6 Å². The van der Waals surface area contributed by atoms with E-state index in [0.29, 0.717) is 5.69 Å². The van der Waals surface area contributed by atoms with Gasteiger partial charge in [-0.15, -0.1) is 11.3 Å². The Balaban J connectivity index is 2.04. The third-order valence-corrected chi connectivity index (χ3v) is 6.27. The third-order valence-electron chi connectivity index (χ3n) is 3.09. The van der Waals surface area contributed by atoms with Crippen LogP contribution in [0, 0.1) is 0 Å². The lowest BCUT2D eigenvalue weighted by molar-refractivity contribution is -0.116. The number of hydrogen-bond acceptors (Lipinski definition) is 6. The van der Waals surface area contributed by atoms with Gasteiger partial charge in [0.05, 0.1) is 19.2 Å². The highest BCUT2D eigenvalue weighted by Gasteiger charge is 2.23. The molecule has 0 bridgehead atoms. The number of nitrogens with one attached hydrogen (secondary N) is 1. The molecular weight excluding hydrogens is 352 g/mol. The maximum atomic E-state index is 12.3. The van der Waals surface area contributed by atoms with Crippen molar-refractivity contribution in [3.63, 3.8) is 0 Å². The van der Waals surface area contributed by atoms with Crippen LogP contribution in [0.1, 0.15) is 10.4 Å². The number of methoxy groups -OCH3 is 1. The Morgan fingerprint density at radius 1 is 1.25 bits per heavy atom. The van der Waals surface area contributed by atoms with Crippen LogP contribution in [0.2, 0.25) is 0 Å². The first-order valence-electron chi connectivity index (χ1n) is 6.82. The third kappa shape index (κ3) is 4.19. The second kappa shape index (κ2) is 7.56. The number of likely N-dealkylation sites (N-methyl/N-ethyl adjacent to an activating group) is 1. The van der Waals surface area contributed by atoms with Gasteiger partial charge in [0.1, 0.15) is 4.21 Å². The molecule has 9 heteroatoms. The highest BCUT2D eigenvalue weighted by molar-refractivity contribution is 7.91. The highest BCUT2D eigenvalue weighted by atomic mass is 32.2. The Morgan fingerprint density at radius 3 is 2.62 bits per heavy atom. The van der Waals surface area contributed by atoms with Crippen molar-refractivity contribution in [2.24, 2.45) is 0 Å². The molecule has 0 saturated heterocycles. The summed E-state index contributed by atoms with van der Waals surface area (Å²) in [4.78, 5) is 23.5. The number of amides is 1. The fourth-order valence-electron chi connectivity index (χ4n) is 1.89. The van der Waals surface area contributed by atoms with E-state index in [1.54, 1.807) is 29.6 Å². The van der Waals surface area contributed by atoms with Crippen LogP contribution in [0.4, 0.5) is 5.69 Å². The van der Waals surface area contributed by atoms with E-state index in [9.17, 15) is 18.0 Å². The summed E-state index contributed by atoms with van der Waals surface area (Å²) in [5, 5.41) is 4.21. The van der Waals surface area contributed by atoms with Gasteiger partial charge in [0.2, 0.25) is 5.91 Å². The van der Waals surface area contributed by atoms with Gasteiger partial charge in [-0.25, -0.2) is 13.2 Å². The molecule has 0 aliphatic carbocycles. The highest BCUT2D eigenvalue weighted by Crippen LogP contribution is 2.19. The van der Waals surface area contributed by atoms with Gasteiger partial charge in [0.25, 0.3) is 10.0 Å². The zero-order chi connectivity index (χ0) is 17.7. The minimum absolute atomic E-state index is 0.172. The molecule has 1 aromatic heterocycles. The average molecular weight is 368 g/mol. The molecule has 24 heavy (non-hydrogen) atoms. The normalized spacial score (nSPS) is 11.3. The smallest absolute Gasteiger partial charge is 0.337 e. The van der Waals surface area contributed by atoms with Gasteiger partial charge in [-0.1, -0.05) is 12.1 Å². The molecule has 0 fully saturated rings. The number of nitrogens with zero attached hydrogens (tertiary/aromatic N) is 1. The van der Waals surface area contributed by atoms with Crippen LogP contribution in [0.3, 0.4) is 0 Å². The van der Waals surface area contributed by atoms with Gasteiger partial charge in [0.15, 0.2) is 0 Å². The van der Waals surface area contributed by atoms with Gasteiger partial charge in [-0.3, -0.25) is 4.79 Å². The molecule has 2 aromatic rings. The molecule has 0 aliphatic heterocycles. The molecule has 0 saturated carbocycles. The molecule has 0 unspecified atom stereocenters. The Morgan fingerprint density at radius 2 is 2.00 bits per heavy atom. The zero-order valence-corrected chi connectivity index (χ0v) is 14.7. The minimum Gasteiger partial charge on any atom is -0.465 e. The van der Waals surface area contributed by atoms with Crippen LogP contribution >= 0.6 is 11.3 Å². The molecule has 0 aliphatic rings. The van der Waals surface area contributed by atoms with Crippen LogP contribution < -0.4 is 5.32 Å². The predicted octanol–water partition coefficient (Wildman–Crippen LogP) is 1.79. The van der Waals surface area contributed by atoms with E-state index in [2.05, 4.69) is 10.1 Å². The van der Waals surface area contributed by atoms with Crippen molar-refractivity contribution in [2.75, 3.05) is 26.0 Å². The number of carbonyl (C=O) groups is 2. The van der Waals surface area contributed by atoms with Crippen LogP contribution in [0.5, 0.6) is 0 Å². The van der Waals surface area contributed by atoms with Crippen molar-refractivity contribution in [1.82, 2.24) is 4.31 Å². The summed E-state index contributed by atoms with van der Waals surface area (Å²) in [5.74, 6) is -1.04. The fourth-order valence-corrected chi connectivity index (χ4v) is 4.22. The largest absolute Gasteiger partial charge is 0.465 e. The van der Waals surface area contributed by atoms with Crippen molar-refractivity contribution in [2.45, 2.75) is 4.21 Å². The molecule has 0 atom stereocenters. The van der Waals surface area contributed by atoms with Crippen molar-refractivity contribution < 1.29 is 22.7 Å². The van der Waals surface area contributed by atoms with Crippen LogP contribution in [0.25, 0.3) is 0 Å². The maximum absolute atomic E-state index is 12.3. The van der Waals surface area contributed by atoms with Crippen molar-refractivity contribution in [3.05, 3.63) is 47.3 Å². The van der Waals surface area contributed by atoms with E-state index >= 15 is 0 Å². The summed E-state index contributed by atoms with van der Waals surface area (Å²) in [6, 6.07) is 9.30. The standard InChI is InChI=1S/C15H16N2O5S2/c1-17(24(20,21)14-7-4-8-23-14)10-13(18)16-12-6-3-5-11(9-12)15(19)22-2/h3-9H,10H2,1-2H3,(H,16,18). The van der Waals surface area contributed by atoms with E-state index < -0.39 is 21.9 Å². The summed E-state index contributed by atoms with van der Waals surface area (Å²) in [7, 11) is -1.10. The zero-order valence-electron chi connectivity index (χ0n) is 13.1. The van der Waals surface area contributed by atoms with Gasteiger partial charge >= 0.3 is 5.97 Å². The summed E-state index contributed by atoms with van der Waals surface area (Å²) >= 11 is 1.08. The summed E-state index contributed by atoms with van der Waals surface area (Å²) in [6.45, 7) is -0.345. The number of ether oxygens (including phenoxy) is 1. The predicted molar refractivity (Wildman–Crippen MR) is 90.5 cm³/mol. The first-order chi connectivity index (χ1) is 11.3. The molecule has 1 amide bonds. The van der Waals surface area contributed by atoms with Crippen LogP contribution in [-0.4, -0.2) is 45.3 Å². The summed E-state index contributed by atoms with van der Waals surface area (Å²) in [6.07, 6.45) is 0. The number of thiophene rings is 1. The van der Waals surface area contributed by atoms with Gasteiger partial charge < -0.3 is 10.1 Å². The van der Waals surface area contributed by atoms with E-state index in [0.717, 1.165) is 15.6 Å². The summed E-state index contributed by atoms with van der Waals surface area (Å²) < 4.78 is 30.3. The lowest BCUT2D eigenvalue weighted by atomic mass is 10.2. The van der Waals surface area contributed by atoms with Crippen molar-refractivity contribution in [3.8, 4) is 0 Å². The number of carbonyl (C=O) groups excluding carboxylic acids is 2. The second-order valence-electron chi connectivity index (χ2n) is 4.81. The van der Waals surface area contributed by atoms with Crippen molar-refractivity contribution >= 4 is 38.9 Å². The molecule has 0 spiro atoms. The van der Waals surface area contributed by atoms with E-state index in [4.69, 9.17) is 0 Å². The number of hydrogen-bond donors (Lipinski definition) is 1. The molecule has 1 N–H and O–H groups in total. The monoisotopic (exact) mass is 368 g/mol. The lowest BCUT2D eigenvalue weighted by Gasteiger charge is -2.15. The molecule has 128 valence electrons. The molecule has 2 rings (SSSR count). The molecular formula is C15H16N2O5S2. The Kier molecular flexibility index (Phi) is 5.71. The Labute approximate surface area is 143 Å². The van der Waals surface area contributed by atoms with E-state index in [1.165, 1.54) is 26.3 Å². The minimum atomic E-state index is -3.69. The quantitative estimate of drug-likeness (QED) is 0.785. The number of benzene rings is 1. The first-order valence-corrected chi connectivity index (χ1v) is 9.14. The van der Waals surface area contributed by atoms with Gasteiger partial charge in [-0.2, -0.15) is 4.31 Å². The number of anilines is 1. The second-order valence-corrected chi connectivity index (χ2v) is 8.03. The number of sulfonamides is 1. The summed E-state index contributed by atoms with van der Waals surface area (Å²) in [5.41, 5.74) is 0.666. The van der Waals surface area contributed by atoms with Crippen LogP contribution in [0.15, 0.2) is 46.0 Å². The number of esters is 1. The molecule has 7 nitrogen and oxygen atoms in total. The Hall–Kier alpha value is -2.23. The van der Waals surface area contributed by atoms with Crippen molar-refractivity contribution in [1.29, 1.82) is 0 Å². The number of rotatable bonds is 6. The topological polar surface area (TPSA) is 92.8 Å². The SMILES string of the molecule is COC(=O)c1cccc(NC(=O)CN(C)S(=O)(=O)c2cccs2)c1. The Bertz CT molecular complexity index is 831. The van der Waals surface area contributed by atoms with Crippen LogP contribution in [-0.2, 0) is 19.6 Å². The average Bonchev–Trinajstić information content (AvgIpc) is 3.09. The first kappa shape index (κ1) is 18.1. The molecule has 1 heterocycles. The fraction of sp³-hybridized carbons (Fsp3) is 0.200. The lowest BCUT2D eigenvalue weighted by Crippen LogP contribution is -2.34. The molecule has 0 radical (unpaired) electrons. The van der Waals surface area contributed by atoms with Gasteiger partial charge in [0, 0.05) is 12.7 Å². The van der Waals surface area contributed by atoms with E-state index in [-0.39, 0.29) is 16.3 Å². The van der Waals surface area contributed by atoms with E-state index in [1.807, 2.05) is 0 Å². The maximum Gasteiger partial charge on any atom is 0.337 e.